The lowest BCUT2D eigenvalue weighted by Gasteiger charge is -1.97. The zero-order valence-electron chi connectivity index (χ0n) is 9.38. The molecule has 0 atom stereocenters. The van der Waals surface area contributed by atoms with Gasteiger partial charge in [-0.2, -0.15) is 5.26 Å². The van der Waals surface area contributed by atoms with Crippen LogP contribution >= 0.6 is 11.6 Å². The average molecular weight is 259 g/mol. The molecule has 18 heavy (non-hydrogen) atoms. The summed E-state index contributed by atoms with van der Waals surface area (Å²) in [5.74, 6) is -0.0840. The van der Waals surface area contributed by atoms with Crippen LogP contribution in [0.2, 0.25) is 5.02 Å². The second-order valence-electron chi connectivity index (χ2n) is 3.63. The third-order valence-corrected chi connectivity index (χ3v) is 2.59. The Hall–Kier alpha value is -2.25. The van der Waals surface area contributed by atoms with Gasteiger partial charge in [0.15, 0.2) is 6.20 Å². The molecule has 0 amide bonds. The maximum atomic E-state index is 11.9. The molecule has 0 fully saturated rings. The van der Waals surface area contributed by atoms with Crippen LogP contribution in [0.1, 0.15) is 16.1 Å². The van der Waals surface area contributed by atoms with Crippen molar-refractivity contribution >= 4 is 17.4 Å². The van der Waals surface area contributed by atoms with Crippen molar-refractivity contribution in [2.24, 2.45) is 0 Å². The van der Waals surface area contributed by atoms with Crippen molar-refractivity contribution < 1.29 is 9.48 Å². The number of aromatic nitrogens is 2. The van der Waals surface area contributed by atoms with E-state index < -0.39 is 0 Å². The van der Waals surface area contributed by atoms with Crippen LogP contribution in [0.5, 0.6) is 0 Å². The summed E-state index contributed by atoms with van der Waals surface area (Å²) in [5, 5.41) is 13.3. The van der Waals surface area contributed by atoms with Gasteiger partial charge in [-0.1, -0.05) is 16.3 Å². The first-order chi connectivity index (χ1) is 8.69. The molecule has 1 heterocycles. The first-order valence-corrected chi connectivity index (χ1v) is 5.62. The summed E-state index contributed by atoms with van der Waals surface area (Å²) in [5.41, 5.74) is 0.845. The van der Waals surface area contributed by atoms with Gasteiger partial charge in [-0.05, 0) is 30.3 Å². The molecule has 0 saturated heterocycles. The normalized spacial score (nSPS) is 9.78. The van der Waals surface area contributed by atoms with Gasteiger partial charge in [0.2, 0.25) is 18.0 Å². The highest BCUT2D eigenvalue weighted by molar-refractivity contribution is 6.30. The first-order valence-electron chi connectivity index (χ1n) is 5.25. The largest absolute Gasteiger partial charge is 0.287 e. The minimum Gasteiger partial charge on any atom is -0.287 e. The first kappa shape index (κ1) is 12.2. The van der Waals surface area contributed by atoms with Crippen molar-refractivity contribution in [2.45, 2.75) is 6.54 Å². The Balaban J connectivity index is 2.16. The number of hydrogen-bond acceptors (Lipinski definition) is 3. The Morgan fingerprint density at radius 1 is 1.33 bits per heavy atom. The van der Waals surface area contributed by atoms with E-state index in [0.29, 0.717) is 10.6 Å². The van der Waals surface area contributed by atoms with E-state index in [1.807, 2.05) is 6.07 Å². The van der Waals surface area contributed by atoms with E-state index in [9.17, 15) is 4.79 Å². The molecule has 0 spiro atoms. The predicted molar refractivity (Wildman–Crippen MR) is 64.9 cm³/mol. The topological polar surface area (TPSA) is 57.6 Å². The quantitative estimate of drug-likeness (QED) is 0.623. The number of benzene rings is 1. The molecule has 2 aromatic rings. The maximum absolute atomic E-state index is 11.9. The molecule has 0 radical (unpaired) electrons. The van der Waals surface area contributed by atoms with E-state index in [0.717, 1.165) is 0 Å². The molecule has 0 aliphatic heterocycles. The van der Waals surface area contributed by atoms with Crippen LogP contribution in [0.15, 0.2) is 42.6 Å². The molecule has 1 aromatic heterocycles. The lowest BCUT2D eigenvalue weighted by molar-refractivity contribution is -0.741. The fourth-order valence-electron chi connectivity index (χ4n) is 1.46. The molecule has 1 aromatic carbocycles. The van der Waals surface area contributed by atoms with Gasteiger partial charge in [0.1, 0.15) is 6.07 Å². The molecule has 0 saturated carbocycles. The number of hydrogen-bond donors (Lipinski definition) is 0. The lowest BCUT2D eigenvalue weighted by Crippen LogP contribution is -2.41. The summed E-state index contributed by atoms with van der Waals surface area (Å²) < 4.78 is 1.44. The van der Waals surface area contributed by atoms with E-state index in [4.69, 9.17) is 16.9 Å². The van der Waals surface area contributed by atoms with Crippen LogP contribution in [-0.2, 0) is 6.54 Å². The van der Waals surface area contributed by atoms with Crippen molar-refractivity contribution in [3.63, 3.8) is 0 Å². The molecular formula is C13H9ClN3O+. The van der Waals surface area contributed by atoms with Crippen LogP contribution in [0, 0.1) is 11.3 Å². The molecule has 0 aliphatic carbocycles. The van der Waals surface area contributed by atoms with Crippen LogP contribution < -0.4 is 4.68 Å². The highest BCUT2D eigenvalue weighted by Gasteiger charge is 2.13. The highest BCUT2D eigenvalue weighted by Crippen LogP contribution is 2.09. The summed E-state index contributed by atoms with van der Waals surface area (Å²) in [6, 6.07) is 11.9. The predicted octanol–water partition coefficient (Wildman–Crippen LogP) is 1.78. The van der Waals surface area contributed by atoms with E-state index >= 15 is 0 Å². The molecule has 4 nitrogen and oxygen atoms in total. The third kappa shape index (κ3) is 2.90. The highest BCUT2D eigenvalue weighted by atomic mass is 35.5. The van der Waals surface area contributed by atoms with Gasteiger partial charge in [0, 0.05) is 21.8 Å². The molecule has 0 N–H and O–H groups in total. The average Bonchev–Trinajstić information content (AvgIpc) is 2.39. The summed E-state index contributed by atoms with van der Waals surface area (Å²) in [7, 11) is 0. The fourth-order valence-corrected chi connectivity index (χ4v) is 1.59. The Morgan fingerprint density at radius 3 is 2.72 bits per heavy atom. The zero-order chi connectivity index (χ0) is 13.0. The van der Waals surface area contributed by atoms with Gasteiger partial charge >= 0.3 is 0 Å². The molecule has 88 valence electrons. The monoisotopic (exact) mass is 258 g/mol. The van der Waals surface area contributed by atoms with Crippen LogP contribution in [0.25, 0.3) is 0 Å². The number of carbonyl (C=O) groups excluding carboxylic acids is 1. The lowest BCUT2D eigenvalue weighted by atomic mass is 10.1. The summed E-state index contributed by atoms with van der Waals surface area (Å²) in [6.45, 7) is 0.0944. The zero-order valence-corrected chi connectivity index (χ0v) is 10.1. The minimum absolute atomic E-state index is 0.0840. The summed E-state index contributed by atoms with van der Waals surface area (Å²) in [4.78, 5) is 11.9. The Morgan fingerprint density at radius 2 is 2.06 bits per heavy atom. The van der Waals surface area contributed by atoms with Crippen molar-refractivity contribution in [3.05, 3.63) is 58.9 Å². The van der Waals surface area contributed by atoms with Crippen molar-refractivity contribution in [3.8, 4) is 6.07 Å². The van der Waals surface area contributed by atoms with E-state index in [1.54, 1.807) is 42.6 Å². The maximum Gasteiger partial charge on any atom is 0.236 e. The second kappa shape index (κ2) is 5.39. The van der Waals surface area contributed by atoms with Gasteiger partial charge in [0.05, 0.1) is 0 Å². The standard InChI is InChI=1S/C13H9ClN3O/c14-11-5-3-10(4-6-11)13(18)9-17-7-1-2-12(8-15)16-17/h1-7H,9H2/q+1. The van der Waals surface area contributed by atoms with Crippen molar-refractivity contribution in [1.82, 2.24) is 5.10 Å². The van der Waals surface area contributed by atoms with Gasteiger partial charge in [0.25, 0.3) is 0 Å². The number of nitrogens with zero attached hydrogens (tertiary/aromatic N) is 3. The van der Waals surface area contributed by atoms with E-state index in [2.05, 4.69) is 5.10 Å². The molecule has 0 bridgehead atoms. The summed E-state index contributed by atoms with van der Waals surface area (Å²) >= 11 is 5.75. The Kier molecular flexibility index (Phi) is 3.66. The SMILES string of the molecule is N#Cc1ccc[n+](CC(=O)c2ccc(Cl)cc2)n1. The molecule has 0 unspecified atom stereocenters. The summed E-state index contributed by atoms with van der Waals surface area (Å²) in [6.07, 6.45) is 1.65. The molecular weight excluding hydrogens is 250 g/mol. The van der Waals surface area contributed by atoms with Gasteiger partial charge < -0.3 is 0 Å². The van der Waals surface area contributed by atoms with Crippen molar-refractivity contribution in [1.29, 1.82) is 5.26 Å². The van der Waals surface area contributed by atoms with Gasteiger partial charge in [-0.15, -0.1) is 0 Å². The Bertz CT molecular complexity index is 617. The number of Topliss-reactive ketones (excluding diaryl/α,β-unsaturated/α-hetero) is 1. The number of nitriles is 1. The van der Waals surface area contributed by atoms with Crippen molar-refractivity contribution in [2.75, 3.05) is 0 Å². The van der Waals surface area contributed by atoms with E-state index in [-0.39, 0.29) is 18.0 Å². The molecule has 2 rings (SSSR count). The minimum atomic E-state index is -0.0840. The smallest absolute Gasteiger partial charge is 0.236 e. The second-order valence-corrected chi connectivity index (χ2v) is 4.07. The fraction of sp³-hybridized carbons (Fsp3) is 0.0769. The van der Waals surface area contributed by atoms with Gasteiger partial charge in [-0.25, -0.2) is 0 Å². The number of ketones is 1. The number of carbonyl (C=O) groups is 1. The number of rotatable bonds is 3. The third-order valence-electron chi connectivity index (χ3n) is 2.33. The molecule has 5 heteroatoms. The van der Waals surface area contributed by atoms with Crippen LogP contribution in [0.3, 0.4) is 0 Å². The Labute approximate surface area is 109 Å². The van der Waals surface area contributed by atoms with E-state index in [1.165, 1.54) is 4.68 Å². The van der Waals surface area contributed by atoms with Crippen LogP contribution in [0.4, 0.5) is 0 Å². The number of halogens is 1. The molecule has 0 aliphatic rings. The van der Waals surface area contributed by atoms with Gasteiger partial charge in [-0.3, -0.25) is 4.79 Å². The van der Waals surface area contributed by atoms with Crippen LogP contribution in [-0.4, -0.2) is 10.9 Å².